The summed E-state index contributed by atoms with van der Waals surface area (Å²) < 4.78 is 40.5. The molecule has 0 aliphatic rings. The topological polar surface area (TPSA) is 88.9 Å². The minimum Gasteiger partial charge on any atom is -0.336 e. The number of nitrogens with zero attached hydrogens (tertiary/aromatic N) is 3. The van der Waals surface area contributed by atoms with Gasteiger partial charge in [0.2, 0.25) is 0 Å². The van der Waals surface area contributed by atoms with Gasteiger partial charge in [0.15, 0.2) is 0 Å². The first-order valence-corrected chi connectivity index (χ1v) is 11.4. The molecule has 2 N–H and O–H groups in total. The lowest BCUT2D eigenvalue weighted by Crippen LogP contribution is -2.34. The average Bonchev–Trinajstić information content (AvgIpc) is 3.22. The maximum absolute atomic E-state index is 13.1. The number of alkyl halides is 3. The lowest BCUT2D eigenvalue weighted by Gasteiger charge is -2.14. The van der Waals surface area contributed by atoms with E-state index >= 15 is 0 Å². The fourth-order valence-corrected chi connectivity index (χ4v) is 4.39. The van der Waals surface area contributed by atoms with Crippen LogP contribution in [0, 0.1) is 6.92 Å². The van der Waals surface area contributed by atoms with Gasteiger partial charge in [0.1, 0.15) is 10.7 Å². The van der Waals surface area contributed by atoms with E-state index in [4.69, 9.17) is 0 Å². The molecule has 4 rings (SSSR count). The Bertz CT molecular complexity index is 1400. The van der Waals surface area contributed by atoms with Crippen molar-refractivity contribution in [2.45, 2.75) is 19.6 Å². The van der Waals surface area contributed by atoms with E-state index in [-0.39, 0.29) is 24.3 Å². The number of amides is 2. The molecule has 0 bridgehead atoms. The van der Waals surface area contributed by atoms with E-state index in [1.54, 1.807) is 6.07 Å². The molecule has 0 atom stereocenters. The van der Waals surface area contributed by atoms with Crippen LogP contribution in [0.3, 0.4) is 0 Å². The van der Waals surface area contributed by atoms with Crippen molar-refractivity contribution in [2.24, 2.45) is 0 Å². The van der Waals surface area contributed by atoms with Gasteiger partial charge in [-0.2, -0.15) is 18.3 Å². The predicted octanol–water partition coefficient (Wildman–Crippen LogP) is 5.18. The molecule has 0 aliphatic heterocycles. The fourth-order valence-electron chi connectivity index (χ4n) is 3.35. The zero-order chi connectivity index (χ0) is 25.0. The monoisotopic (exact) mass is 499 g/mol. The second kappa shape index (κ2) is 10.1. The molecule has 2 aromatic heterocycles. The van der Waals surface area contributed by atoms with Crippen molar-refractivity contribution in [3.63, 3.8) is 0 Å². The van der Waals surface area contributed by atoms with E-state index in [1.807, 2.05) is 37.3 Å². The highest BCUT2D eigenvalue weighted by atomic mass is 32.1. The van der Waals surface area contributed by atoms with Crippen LogP contribution in [0.1, 0.15) is 11.3 Å². The van der Waals surface area contributed by atoms with Gasteiger partial charge in [-0.25, -0.2) is 14.5 Å². The van der Waals surface area contributed by atoms with Crippen LogP contribution in [0.5, 0.6) is 0 Å². The zero-order valence-electron chi connectivity index (χ0n) is 18.5. The molecule has 35 heavy (non-hydrogen) atoms. The molecule has 0 radical (unpaired) electrons. The Kier molecular flexibility index (Phi) is 6.97. The Balaban J connectivity index is 1.43. The second-order valence-corrected chi connectivity index (χ2v) is 8.50. The third-order valence-corrected chi connectivity index (χ3v) is 6.24. The molecule has 0 aliphatic carbocycles. The smallest absolute Gasteiger partial charge is 0.336 e. The fraction of sp³-hybridized carbons (Fsp3) is 0.167. The first-order chi connectivity index (χ1) is 16.7. The van der Waals surface area contributed by atoms with Gasteiger partial charge in [0, 0.05) is 18.2 Å². The summed E-state index contributed by atoms with van der Waals surface area (Å²) in [7, 11) is 0. The Morgan fingerprint density at radius 2 is 1.74 bits per heavy atom. The van der Waals surface area contributed by atoms with Crippen LogP contribution in [0.25, 0.3) is 21.1 Å². The van der Waals surface area contributed by atoms with E-state index in [1.165, 1.54) is 40.3 Å². The number of hydrogen-bond acceptors (Lipinski definition) is 5. The molecule has 7 nitrogen and oxygen atoms in total. The molecule has 0 spiro atoms. The minimum absolute atomic E-state index is 0.0205. The molecule has 11 heteroatoms. The summed E-state index contributed by atoms with van der Waals surface area (Å²) in [5.74, 6) is 0. The molecule has 0 unspecified atom stereocenters. The van der Waals surface area contributed by atoms with E-state index in [2.05, 4.69) is 20.7 Å². The van der Waals surface area contributed by atoms with Gasteiger partial charge in [-0.1, -0.05) is 42.5 Å². The summed E-state index contributed by atoms with van der Waals surface area (Å²) in [6, 6.07) is 16.5. The van der Waals surface area contributed by atoms with Crippen molar-refractivity contribution in [2.75, 3.05) is 11.9 Å². The quantitative estimate of drug-likeness (QED) is 0.383. The lowest BCUT2D eigenvalue weighted by atomic mass is 10.1. The van der Waals surface area contributed by atoms with Gasteiger partial charge in [0.05, 0.1) is 28.4 Å². The number of carbonyl (C=O) groups is 1. The Labute approximate surface area is 202 Å². The van der Waals surface area contributed by atoms with Crippen LogP contribution >= 0.6 is 11.3 Å². The number of benzene rings is 2. The Morgan fingerprint density at radius 1 is 1.03 bits per heavy atom. The molecule has 4 aromatic rings. The van der Waals surface area contributed by atoms with E-state index in [0.29, 0.717) is 5.69 Å². The maximum atomic E-state index is 13.1. The largest absolute Gasteiger partial charge is 0.418 e. The molecule has 2 aromatic carbocycles. The van der Waals surface area contributed by atoms with Crippen LogP contribution in [-0.2, 0) is 12.7 Å². The molecule has 2 amide bonds. The van der Waals surface area contributed by atoms with Crippen LogP contribution in [0.4, 0.5) is 23.7 Å². The summed E-state index contributed by atoms with van der Waals surface area (Å²) in [4.78, 5) is 29.8. The number of aromatic nitrogens is 3. The van der Waals surface area contributed by atoms with Crippen molar-refractivity contribution in [3.05, 3.63) is 88.3 Å². The van der Waals surface area contributed by atoms with Crippen molar-refractivity contribution in [1.82, 2.24) is 20.1 Å². The summed E-state index contributed by atoms with van der Waals surface area (Å²) in [6.07, 6.45) is -4.60. The van der Waals surface area contributed by atoms with Crippen LogP contribution in [0.15, 0.2) is 71.5 Å². The first-order valence-electron chi connectivity index (χ1n) is 10.5. The first kappa shape index (κ1) is 24.1. The maximum Gasteiger partial charge on any atom is 0.418 e. The summed E-state index contributed by atoms with van der Waals surface area (Å²) in [5, 5.41) is 9.87. The van der Waals surface area contributed by atoms with Gasteiger partial charge in [-0.05, 0) is 25.1 Å². The van der Waals surface area contributed by atoms with Crippen LogP contribution < -0.4 is 16.2 Å². The molecular formula is C24H20F3N5O2S. The molecule has 0 saturated heterocycles. The number of para-hydroxylation sites is 1. The Hall–Kier alpha value is -3.99. The van der Waals surface area contributed by atoms with Crippen molar-refractivity contribution in [1.29, 1.82) is 0 Å². The summed E-state index contributed by atoms with van der Waals surface area (Å²) in [5.41, 5.74) is 0.629. The highest BCUT2D eigenvalue weighted by Crippen LogP contribution is 2.35. The number of hydrogen-bond donors (Lipinski definition) is 2. The SMILES string of the molecule is Cc1nc(-c2ccccc2)sc1-c1ccc(=O)n(CCNC(=O)Nc2ccccc2C(F)(F)F)n1. The number of nitrogens with one attached hydrogen (secondary N) is 2. The molecule has 2 heterocycles. The second-order valence-electron chi connectivity index (χ2n) is 7.50. The third kappa shape index (κ3) is 5.75. The van der Waals surface area contributed by atoms with Crippen LogP contribution in [-0.4, -0.2) is 27.3 Å². The number of rotatable bonds is 6. The third-order valence-electron chi connectivity index (χ3n) is 5.01. The molecule has 0 fully saturated rings. The minimum atomic E-state index is -4.60. The zero-order valence-corrected chi connectivity index (χ0v) is 19.3. The summed E-state index contributed by atoms with van der Waals surface area (Å²) >= 11 is 1.45. The van der Waals surface area contributed by atoms with E-state index < -0.39 is 17.8 Å². The molecule has 0 saturated carbocycles. The highest BCUT2D eigenvalue weighted by Gasteiger charge is 2.33. The number of urea groups is 1. The number of carbonyl (C=O) groups excluding carboxylic acids is 1. The van der Waals surface area contributed by atoms with Crippen molar-refractivity contribution >= 4 is 23.1 Å². The van der Waals surface area contributed by atoms with E-state index in [0.717, 1.165) is 27.2 Å². The molecule has 180 valence electrons. The van der Waals surface area contributed by atoms with Gasteiger partial charge < -0.3 is 10.6 Å². The van der Waals surface area contributed by atoms with E-state index in [9.17, 15) is 22.8 Å². The van der Waals surface area contributed by atoms with Gasteiger partial charge in [-0.15, -0.1) is 11.3 Å². The lowest BCUT2D eigenvalue weighted by molar-refractivity contribution is -0.136. The van der Waals surface area contributed by atoms with Crippen molar-refractivity contribution in [3.8, 4) is 21.1 Å². The normalized spacial score (nSPS) is 11.3. The van der Waals surface area contributed by atoms with Crippen LogP contribution in [0.2, 0.25) is 0 Å². The number of thiazole rings is 1. The number of halogens is 3. The van der Waals surface area contributed by atoms with Gasteiger partial charge in [0.25, 0.3) is 5.56 Å². The molecular weight excluding hydrogens is 479 g/mol. The average molecular weight is 500 g/mol. The number of anilines is 1. The predicted molar refractivity (Wildman–Crippen MR) is 128 cm³/mol. The summed E-state index contributed by atoms with van der Waals surface area (Å²) in [6.45, 7) is 1.87. The highest BCUT2D eigenvalue weighted by molar-refractivity contribution is 7.18. The van der Waals surface area contributed by atoms with Gasteiger partial charge >= 0.3 is 12.2 Å². The Morgan fingerprint density at radius 3 is 2.49 bits per heavy atom. The van der Waals surface area contributed by atoms with Gasteiger partial charge in [-0.3, -0.25) is 4.79 Å². The van der Waals surface area contributed by atoms with Crippen molar-refractivity contribution < 1.29 is 18.0 Å². The number of aryl methyl sites for hydroxylation is 1. The standard InChI is InChI=1S/C24H20F3N5O2S/c1-15-21(35-22(29-15)16-7-3-2-4-8-16)19-11-12-20(33)32(31-19)14-13-28-23(34)30-18-10-6-5-9-17(18)24(25,26)27/h2-12H,13-14H2,1H3,(H2,28,30,34).